The third-order valence-electron chi connectivity index (χ3n) is 5.82. The smallest absolute Gasteiger partial charge is 0.111 e. The Morgan fingerprint density at radius 2 is 1.68 bits per heavy atom. The molecule has 0 spiro atoms. The Bertz CT molecular complexity index is 803. The molecule has 0 radical (unpaired) electrons. The van der Waals surface area contributed by atoms with Crippen LogP contribution in [0.4, 0.5) is 17.1 Å². The predicted octanol–water partition coefficient (Wildman–Crippen LogP) is 4.57. The average Bonchev–Trinajstić information content (AvgIpc) is 2.98. The van der Waals surface area contributed by atoms with Crippen molar-refractivity contribution >= 4 is 17.1 Å². The minimum atomic E-state index is 0.0784. The van der Waals surface area contributed by atoms with Crippen LogP contribution in [0.1, 0.15) is 44.4 Å². The van der Waals surface area contributed by atoms with Crippen molar-refractivity contribution in [2.45, 2.75) is 51.7 Å². The van der Waals surface area contributed by atoms with Crippen LogP contribution in [0.25, 0.3) is 0 Å². The molecule has 2 aromatic rings. The minimum absolute atomic E-state index is 0.0784. The Morgan fingerprint density at radius 1 is 1.00 bits per heavy atom. The van der Waals surface area contributed by atoms with E-state index in [9.17, 15) is 0 Å². The predicted molar refractivity (Wildman–Crippen MR) is 92.3 cm³/mol. The fourth-order valence-electron chi connectivity index (χ4n) is 4.89. The zero-order chi connectivity index (χ0) is 15.2. The Hall–Kier alpha value is -1.96. The van der Waals surface area contributed by atoms with E-state index in [0.29, 0.717) is 12.2 Å². The third-order valence-corrected chi connectivity index (χ3v) is 5.82. The lowest BCUT2D eigenvalue weighted by atomic mass is 9.73. The lowest BCUT2D eigenvalue weighted by molar-refractivity contribution is 0.581. The van der Waals surface area contributed by atoms with Gasteiger partial charge < -0.3 is 9.80 Å². The van der Waals surface area contributed by atoms with Gasteiger partial charge in [-0.3, -0.25) is 0 Å². The number of rotatable bonds is 1. The van der Waals surface area contributed by atoms with Gasteiger partial charge in [0.15, 0.2) is 0 Å². The molecule has 0 saturated carbocycles. The molecule has 3 heterocycles. The molecule has 2 aromatic carbocycles. The van der Waals surface area contributed by atoms with Gasteiger partial charge in [0.1, 0.15) is 6.17 Å². The van der Waals surface area contributed by atoms with Crippen LogP contribution < -0.4 is 9.80 Å². The summed E-state index contributed by atoms with van der Waals surface area (Å²) in [5.41, 5.74) is 8.93. The lowest BCUT2D eigenvalue weighted by Gasteiger charge is -2.39. The first-order valence-corrected chi connectivity index (χ1v) is 8.35. The van der Waals surface area contributed by atoms with Gasteiger partial charge in [0.25, 0.3) is 0 Å². The Morgan fingerprint density at radius 3 is 2.41 bits per heavy atom. The van der Waals surface area contributed by atoms with E-state index in [-0.39, 0.29) is 5.41 Å². The molecule has 2 nitrogen and oxygen atoms in total. The lowest BCUT2D eigenvalue weighted by Crippen LogP contribution is -2.44. The van der Waals surface area contributed by atoms with E-state index in [1.54, 1.807) is 0 Å². The topological polar surface area (TPSA) is 6.48 Å². The molecule has 0 N–H and O–H groups in total. The van der Waals surface area contributed by atoms with Gasteiger partial charge >= 0.3 is 0 Å². The molecule has 5 rings (SSSR count). The van der Waals surface area contributed by atoms with E-state index in [1.165, 1.54) is 33.8 Å². The van der Waals surface area contributed by atoms with Crippen molar-refractivity contribution in [1.82, 2.24) is 0 Å². The minimum Gasteiger partial charge on any atom is -0.346 e. The highest BCUT2D eigenvalue weighted by Crippen LogP contribution is 2.60. The van der Waals surface area contributed by atoms with Crippen LogP contribution in [0.5, 0.6) is 0 Å². The molecule has 112 valence electrons. The molecule has 3 aliphatic rings. The van der Waals surface area contributed by atoms with E-state index in [2.05, 4.69) is 73.9 Å². The van der Waals surface area contributed by atoms with Gasteiger partial charge in [-0.1, -0.05) is 44.2 Å². The fourth-order valence-corrected chi connectivity index (χ4v) is 4.89. The third kappa shape index (κ3) is 1.20. The van der Waals surface area contributed by atoms with Crippen LogP contribution in [-0.4, -0.2) is 12.2 Å². The Labute approximate surface area is 132 Å². The molecule has 0 fully saturated rings. The number of benzene rings is 2. The molecule has 1 atom stereocenters. The first-order valence-electron chi connectivity index (χ1n) is 8.35. The van der Waals surface area contributed by atoms with Crippen LogP contribution in [0.3, 0.4) is 0 Å². The summed E-state index contributed by atoms with van der Waals surface area (Å²) in [5, 5.41) is 0. The van der Waals surface area contributed by atoms with Gasteiger partial charge in [-0.2, -0.15) is 0 Å². The summed E-state index contributed by atoms with van der Waals surface area (Å²) in [5.74, 6) is 0. The van der Waals surface area contributed by atoms with Crippen LogP contribution >= 0.6 is 0 Å². The normalized spacial score (nSPS) is 22.5. The number of hydrogen-bond acceptors (Lipinski definition) is 2. The quantitative estimate of drug-likeness (QED) is 0.759. The van der Waals surface area contributed by atoms with Gasteiger partial charge in [0, 0.05) is 17.9 Å². The SMILES string of the molecule is CC(C)N1c2cccc3c2N2c4c(cccc4C3(C)C)CC21. The second kappa shape index (κ2) is 3.68. The standard InChI is InChI=1S/C20H22N2/c1-12(2)21-16-10-6-9-15-19(16)22-17(21)11-13-7-5-8-14(18(13)22)20(15,3)4/h5-10,12,17H,11H2,1-4H3. The maximum absolute atomic E-state index is 2.63. The molecule has 0 aliphatic carbocycles. The number of para-hydroxylation sites is 2. The summed E-state index contributed by atoms with van der Waals surface area (Å²) in [6.45, 7) is 9.38. The summed E-state index contributed by atoms with van der Waals surface area (Å²) in [6, 6.07) is 14.3. The van der Waals surface area contributed by atoms with Crippen molar-refractivity contribution in [1.29, 1.82) is 0 Å². The van der Waals surface area contributed by atoms with Crippen molar-refractivity contribution in [3.8, 4) is 0 Å². The van der Waals surface area contributed by atoms with E-state index < -0.39 is 0 Å². The van der Waals surface area contributed by atoms with E-state index in [4.69, 9.17) is 0 Å². The van der Waals surface area contributed by atoms with E-state index >= 15 is 0 Å². The highest BCUT2D eigenvalue weighted by atomic mass is 15.4. The highest BCUT2D eigenvalue weighted by molar-refractivity contribution is 5.94. The largest absolute Gasteiger partial charge is 0.346 e. The first kappa shape index (κ1) is 12.6. The zero-order valence-corrected chi connectivity index (χ0v) is 13.7. The molecule has 0 saturated heterocycles. The van der Waals surface area contributed by atoms with Crippen LogP contribution in [-0.2, 0) is 11.8 Å². The maximum atomic E-state index is 2.63. The summed E-state index contributed by atoms with van der Waals surface area (Å²) < 4.78 is 0. The molecule has 2 heteroatoms. The molecular formula is C20H22N2. The van der Waals surface area contributed by atoms with Crippen LogP contribution in [0.2, 0.25) is 0 Å². The van der Waals surface area contributed by atoms with Gasteiger partial charge in [-0.05, 0) is 36.6 Å². The summed E-state index contributed by atoms with van der Waals surface area (Å²) in [6.07, 6.45) is 1.59. The summed E-state index contributed by atoms with van der Waals surface area (Å²) in [4.78, 5) is 5.24. The maximum Gasteiger partial charge on any atom is 0.111 e. The van der Waals surface area contributed by atoms with Crippen molar-refractivity contribution in [3.05, 3.63) is 53.1 Å². The zero-order valence-electron chi connectivity index (χ0n) is 13.7. The van der Waals surface area contributed by atoms with E-state index in [1.807, 2.05) is 0 Å². The van der Waals surface area contributed by atoms with Gasteiger partial charge in [-0.25, -0.2) is 0 Å². The van der Waals surface area contributed by atoms with E-state index in [0.717, 1.165) is 6.42 Å². The number of hydrogen-bond donors (Lipinski definition) is 0. The molecule has 0 aromatic heterocycles. The molecule has 0 bridgehead atoms. The summed E-state index contributed by atoms with van der Waals surface area (Å²) in [7, 11) is 0. The van der Waals surface area contributed by atoms with Crippen molar-refractivity contribution < 1.29 is 0 Å². The average molecular weight is 290 g/mol. The van der Waals surface area contributed by atoms with Crippen LogP contribution in [0.15, 0.2) is 36.4 Å². The second-order valence-electron chi connectivity index (χ2n) is 7.67. The summed E-state index contributed by atoms with van der Waals surface area (Å²) >= 11 is 0. The molecule has 0 amide bonds. The van der Waals surface area contributed by atoms with Crippen molar-refractivity contribution in [2.75, 3.05) is 9.80 Å². The molecule has 22 heavy (non-hydrogen) atoms. The van der Waals surface area contributed by atoms with Gasteiger partial charge in [0.2, 0.25) is 0 Å². The Balaban J connectivity index is 1.91. The number of anilines is 3. The Kier molecular flexibility index (Phi) is 2.10. The van der Waals surface area contributed by atoms with Crippen molar-refractivity contribution in [2.24, 2.45) is 0 Å². The second-order valence-corrected chi connectivity index (χ2v) is 7.67. The van der Waals surface area contributed by atoms with Crippen molar-refractivity contribution in [3.63, 3.8) is 0 Å². The highest BCUT2D eigenvalue weighted by Gasteiger charge is 2.50. The van der Waals surface area contributed by atoms with Gasteiger partial charge in [-0.15, -0.1) is 0 Å². The van der Waals surface area contributed by atoms with Crippen LogP contribution in [0, 0.1) is 0 Å². The molecule has 1 unspecified atom stereocenters. The van der Waals surface area contributed by atoms with Gasteiger partial charge in [0.05, 0.1) is 17.1 Å². The first-order chi connectivity index (χ1) is 10.5. The number of nitrogens with zero attached hydrogens (tertiary/aromatic N) is 2. The monoisotopic (exact) mass is 290 g/mol. The molecule has 3 aliphatic heterocycles. The fraction of sp³-hybridized carbons (Fsp3) is 0.400. The molecular weight excluding hydrogens is 268 g/mol.